The molecule has 5 rings (SSSR count). The molecule has 31 nitrogen and oxygen atoms in total. The molecule has 0 spiro atoms. The Labute approximate surface area is 604 Å². The molecule has 1 aliphatic rings. The molecule has 4 aromatic rings. The Balaban J connectivity index is 1.42. The van der Waals surface area contributed by atoms with E-state index in [0.29, 0.717) is 0 Å². The number of carbonyl (C=O) groups excluding carboxylic acids is 11. The second-order valence-electron chi connectivity index (χ2n) is 27.1. The fourth-order valence-corrected chi connectivity index (χ4v) is 11.2. The number of carboxylic acids is 1. The predicted molar refractivity (Wildman–Crippen MR) is 379 cm³/mol. The maximum absolute atomic E-state index is 15.2. The lowest BCUT2D eigenvalue weighted by molar-refractivity contribution is -0.143. The van der Waals surface area contributed by atoms with Crippen molar-refractivity contribution in [3.63, 3.8) is 0 Å². The normalized spacial score (nSPS) is 15.2. The number of ether oxygens (including phenoxy) is 3. The molecule has 11 amide bonds. The molecule has 0 fully saturated rings. The van der Waals surface area contributed by atoms with Gasteiger partial charge in [-0.1, -0.05) is 157 Å². The van der Waals surface area contributed by atoms with Crippen LogP contribution in [0.4, 0.5) is 14.4 Å². The smallest absolute Gasteiger partial charge is 0.408 e. The highest BCUT2D eigenvalue weighted by atomic mass is 16.6. The Morgan fingerprint density at radius 1 is 0.500 bits per heavy atom. The molecule has 0 saturated heterocycles. The van der Waals surface area contributed by atoms with E-state index in [2.05, 4.69) is 53.2 Å². The zero-order valence-corrected chi connectivity index (χ0v) is 60.2. The molecular weight excluding hydrogens is 1350 g/mol. The molecule has 12 atom stereocenters. The number of amides is 11. The number of rotatable bonds is 39. The van der Waals surface area contributed by atoms with Crippen LogP contribution < -0.4 is 58.5 Å². The molecule has 31 heteroatoms. The molecule has 0 saturated carbocycles. The minimum absolute atomic E-state index is 0.0216. The fourth-order valence-electron chi connectivity index (χ4n) is 11.2. The van der Waals surface area contributed by atoms with E-state index >= 15 is 9.59 Å². The quantitative estimate of drug-likeness (QED) is 0.0225. The Hall–Kier alpha value is -10.2. The van der Waals surface area contributed by atoms with Gasteiger partial charge in [-0.25, -0.2) is 19.2 Å². The number of fused-ring (bicyclic) bond motifs is 3. The van der Waals surface area contributed by atoms with Gasteiger partial charge in [0.25, 0.3) is 0 Å². The van der Waals surface area contributed by atoms with Crippen molar-refractivity contribution in [2.75, 3.05) is 32.9 Å². The third-order valence-corrected chi connectivity index (χ3v) is 17.0. The van der Waals surface area contributed by atoms with Gasteiger partial charge in [0.1, 0.15) is 67.1 Å². The van der Waals surface area contributed by atoms with Crippen LogP contribution in [0.5, 0.6) is 0 Å². The maximum atomic E-state index is 15.2. The summed E-state index contributed by atoms with van der Waals surface area (Å²) in [6, 6.07) is 17.3. The molecular formula is C73H101N11O20. The predicted octanol–water partition coefficient (Wildman–Crippen LogP) is 2.33. The summed E-state index contributed by atoms with van der Waals surface area (Å²) in [6.45, 7) is 12.7. The van der Waals surface area contributed by atoms with Crippen molar-refractivity contribution < 1.29 is 97.3 Å². The molecule has 0 bridgehead atoms. The average molecular weight is 1450 g/mol. The van der Waals surface area contributed by atoms with Crippen LogP contribution in [0, 0.1) is 17.8 Å². The van der Waals surface area contributed by atoms with Gasteiger partial charge in [-0.15, -0.1) is 0 Å². The third-order valence-electron chi connectivity index (χ3n) is 17.0. The maximum Gasteiger partial charge on any atom is 0.408 e. The van der Waals surface area contributed by atoms with Gasteiger partial charge in [-0.05, 0) is 105 Å². The number of alkyl carbamates (subject to hydrolysis) is 3. The second-order valence-corrected chi connectivity index (χ2v) is 27.1. The van der Waals surface area contributed by atoms with Gasteiger partial charge >= 0.3 is 24.2 Å². The van der Waals surface area contributed by atoms with E-state index in [1.165, 1.54) is 0 Å². The van der Waals surface area contributed by atoms with Crippen molar-refractivity contribution in [3.05, 3.63) is 131 Å². The molecule has 568 valence electrons. The number of carboxylic acid groups (broad SMARTS) is 1. The zero-order chi connectivity index (χ0) is 77.0. The van der Waals surface area contributed by atoms with Crippen molar-refractivity contribution >= 4 is 71.5 Å². The van der Waals surface area contributed by atoms with Crippen LogP contribution in [-0.2, 0) is 64.0 Å². The van der Waals surface area contributed by atoms with Gasteiger partial charge in [-0.2, -0.15) is 0 Å². The molecule has 16 N–H and O–H groups in total. The average Bonchev–Trinajstić information content (AvgIpc) is 1.61. The summed E-state index contributed by atoms with van der Waals surface area (Å²) in [7, 11) is 0. The van der Waals surface area contributed by atoms with Gasteiger partial charge in [0.05, 0.1) is 38.0 Å². The van der Waals surface area contributed by atoms with Crippen LogP contribution in [0.1, 0.15) is 136 Å². The summed E-state index contributed by atoms with van der Waals surface area (Å²) in [6.07, 6.45) is -5.91. The summed E-state index contributed by atoms with van der Waals surface area (Å²) in [4.78, 5) is 165. The first-order valence-corrected chi connectivity index (χ1v) is 34.6. The number of aliphatic carboxylic acids is 1. The van der Waals surface area contributed by atoms with E-state index in [1.54, 1.807) is 123 Å². The van der Waals surface area contributed by atoms with Crippen molar-refractivity contribution in [1.82, 2.24) is 58.5 Å². The van der Waals surface area contributed by atoms with Crippen LogP contribution in [0.25, 0.3) is 11.1 Å². The molecule has 1 aliphatic carbocycles. The van der Waals surface area contributed by atoms with Gasteiger partial charge in [0.2, 0.25) is 47.3 Å². The molecule has 4 aromatic carbocycles. The highest BCUT2D eigenvalue weighted by Gasteiger charge is 2.42. The zero-order valence-electron chi connectivity index (χ0n) is 60.2. The third kappa shape index (κ3) is 26.2. The number of unbranched alkanes of at least 4 members (excludes halogenated alkanes) is 1. The summed E-state index contributed by atoms with van der Waals surface area (Å²) in [5, 5.41) is 78.1. The van der Waals surface area contributed by atoms with E-state index < -0.39 is 181 Å². The molecule has 104 heavy (non-hydrogen) atoms. The van der Waals surface area contributed by atoms with E-state index in [9.17, 15) is 73.5 Å². The lowest BCUT2D eigenvalue weighted by Gasteiger charge is -2.33. The Morgan fingerprint density at radius 3 is 1.58 bits per heavy atom. The van der Waals surface area contributed by atoms with Gasteiger partial charge in [0, 0.05) is 12.5 Å². The number of hydrogen-bond donors (Lipinski definition) is 16. The Morgan fingerprint density at radius 2 is 1.02 bits per heavy atom. The summed E-state index contributed by atoms with van der Waals surface area (Å²) >= 11 is 0. The number of benzene rings is 4. The van der Waals surface area contributed by atoms with Crippen LogP contribution in [-0.4, -0.2) is 196 Å². The topological polar surface area (TPSA) is 466 Å². The van der Waals surface area contributed by atoms with Crippen LogP contribution >= 0.6 is 0 Å². The molecule has 0 heterocycles. The molecule has 0 radical (unpaired) electrons. The van der Waals surface area contributed by atoms with Gasteiger partial charge in [-0.3, -0.25) is 38.4 Å². The SMILES string of the molecule is CC[C@H](C)[C@H](NC(=O)[C@@H](CCCCNC(=O)OCc1ccccc1)NC(=O)[C@H](CC(C)C)NC(=O)C(NC(=O)[C@@H](NC(=O)OCC1c2ccccc2-c2ccccc21)[C@H](NC(=O)OC(C)(C)C)c1ccccc1)[C@H](O)C(C)C)C(=O)N[C@H](C(=O)NCC(=O)N[C@@H](CO)C(=O)N[C@@H](CO)C(=O)O)[C@H](C)O. The van der Waals surface area contributed by atoms with Gasteiger partial charge in [0.15, 0.2) is 0 Å². The van der Waals surface area contributed by atoms with E-state index in [1.807, 2.05) is 53.8 Å². The first-order chi connectivity index (χ1) is 49.3. The lowest BCUT2D eigenvalue weighted by Crippen LogP contribution is -2.63. The number of aliphatic hydroxyl groups excluding tert-OH is 4. The first-order valence-electron chi connectivity index (χ1n) is 34.6. The Kier molecular flexibility index (Phi) is 33.4. The molecule has 0 aliphatic heterocycles. The van der Waals surface area contributed by atoms with E-state index in [4.69, 9.17) is 14.2 Å². The highest BCUT2D eigenvalue weighted by Crippen LogP contribution is 2.44. The van der Waals surface area contributed by atoms with Crippen molar-refractivity contribution in [3.8, 4) is 11.1 Å². The van der Waals surface area contributed by atoms with Gasteiger partial charge < -0.3 is 98.2 Å². The number of aliphatic hydroxyl groups is 4. The first kappa shape index (κ1) is 84.4. The number of hydrogen-bond acceptors (Lipinski definition) is 19. The summed E-state index contributed by atoms with van der Waals surface area (Å²) in [5.41, 5.74) is 3.67. The number of carbonyl (C=O) groups is 12. The van der Waals surface area contributed by atoms with E-state index in [-0.39, 0.29) is 63.3 Å². The van der Waals surface area contributed by atoms with Crippen molar-refractivity contribution in [1.29, 1.82) is 0 Å². The summed E-state index contributed by atoms with van der Waals surface area (Å²) in [5.74, 6) is -12.4. The lowest BCUT2D eigenvalue weighted by atomic mass is 9.95. The van der Waals surface area contributed by atoms with E-state index in [0.717, 1.165) is 34.7 Å². The standard InChI is InChI=1S/C73H101N11O20/c1-11-42(6)56(66(94)81-57(43(7)87)65(93)75-35-55(88)76-53(36-85)64(92)79-54(37-86)69(97)98)80-62(90)51(32-22-23-33-74-70(99)102-38-44-24-14-12-15-25-44)77-63(91)52(34-40(2)3)78-68(96)60(61(89)41(4)5)82-67(95)59(58(45-26-16-13-17-27-45)83-72(101)104-73(8,9)10)84-71(100)103-39-50-48-30-20-18-28-46(48)47-29-19-21-31-49(47)50/h12-21,24-31,40-43,50-54,56-61,85-87,89H,11,22-23,32-39H2,1-10H3,(H,74,99)(H,75,93)(H,76,88)(H,77,91)(H,78,96)(H,79,92)(H,80,90)(H,81,94)(H,82,95)(H,83,101)(H,84,100)(H,97,98)/t42-,43-,51+,52-,53-,54-,56-,57-,58+,59-,60?,61+/m0/s1. The summed E-state index contributed by atoms with van der Waals surface area (Å²) < 4.78 is 16.9. The monoisotopic (exact) mass is 1450 g/mol. The Bertz CT molecular complexity index is 3510. The van der Waals surface area contributed by atoms with Crippen LogP contribution in [0.15, 0.2) is 109 Å². The molecule has 1 unspecified atom stereocenters. The largest absolute Gasteiger partial charge is 0.480 e. The second kappa shape index (κ2) is 41.2. The van der Waals surface area contributed by atoms with Crippen LogP contribution in [0.3, 0.4) is 0 Å². The fraction of sp³-hybridized carbons (Fsp3) is 0.507. The minimum Gasteiger partial charge on any atom is -0.480 e. The van der Waals surface area contributed by atoms with Crippen molar-refractivity contribution in [2.24, 2.45) is 17.8 Å². The minimum atomic E-state index is -1.90. The highest BCUT2D eigenvalue weighted by molar-refractivity contribution is 5.98. The molecule has 0 aromatic heterocycles. The number of nitrogens with one attached hydrogen (secondary N) is 11. The van der Waals surface area contributed by atoms with Crippen LogP contribution in [0.2, 0.25) is 0 Å². The van der Waals surface area contributed by atoms with Crippen molar-refractivity contribution in [2.45, 2.75) is 186 Å².